The summed E-state index contributed by atoms with van der Waals surface area (Å²) in [7, 11) is 0. The Morgan fingerprint density at radius 3 is 2.40 bits per heavy atom. The van der Waals surface area contributed by atoms with Crippen molar-refractivity contribution < 1.29 is 9.59 Å². The minimum absolute atomic E-state index is 0.0178. The number of nitrogens with one attached hydrogen (secondary N) is 1. The molecule has 1 heterocycles. The molecule has 1 aromatic rings. The number of carbonyl (C=O) groups is 2. The van der Waals surface area contributed by atoms with E-state index in [-0.39, 0.29) is 30.2 Å². The van der Waals surface area contributed by atoms with Crippen LogP contribution in [0, 0.1) is 5.92 Å². The van der Waals surface area contributed by atoms with E-state index in [2.05, 4.69) is 5.32 Å². The van der Waals surface area contributed by atoms with Crippen LogP contribution in [0.2, 0.25) is 10.0 Å². The Hall–Kier alpha value is -1.26. The molecule has 0 radical (unpaired) electrons. The minimum Gasteiger partial charge on any atom is -0.339 e. The van der Waals surface area contributed by atoms with Crippen LogP contribution in [0.25, 0.3) is 0 Å². The zero-order chi connectivity index (χ0) is 14.9. The van der Waals surface area contributed by atoms with Crippen molar-refractivity contribution in [2.45, 2.75) is 26.3 Å². The third-order valence-corrected chi connectivity index (χ3v) is 3.72. The molecule has 0 spiro atoms. The Kier molecular flexibility index (Phi) is 4.55. The lowest BCUT2D eigenvalue weighted by molar-refractivity contribution is -0.129. The molecule has 1 N–H and O–H groups in total. The average molecular weight is 315 g/mol. The van der Waals surface area contributed by atoms with Crippen LogP contribution in [0.3, 0.4) is 0 Å². The molecule has 1 aliphatic rings. The van der Waals surface area contributed by atoms with Gasteiger partial charge in [0.05, 0.1) is 5.92 Å². The molecule has 2 rings (SSSR count). The van der Waals surface area contributed by atoms with Gasteiger partial charge in [-0.2, -0.15) is 0 Å². The monoisotopic (exact) mass is 314 g/mol. The lowest BCUT2D eigenvalue weighted by Gasteiger charge is -2.20. The molecule has 1 aliphatic heterocycles. The normalized spacial score (nSPS) is 18.8. The zero-order valence-corrected chi connectivity index (χ0v) is 12.8. The molecule has 0 aromatic heterocycles. The van der Waals surface area contributed by atoms with Crippen LogP contribution >= 0.6 is 23.2 Å². The first-order valence-electron chi connectivity index (χ1n) is 6.43. The molecule has 6 heteroatoms. The Labute approximate surface area is 128 Å². The van der Waals surface area contributed by atoms with Crippen LogP contribution in [-0.2, 0) is 9.59 Å². The summed E-state index contributed by atoms with van der Waals surface area (Å²) >= 11 is 11.8. The van der Waals surface area contributed by atoms with Crippen molar-refractivity contribution in [3.05, 3.63) is 28.2 Å². The van der Waals surface area contributed by atoms with Gasteiger partial charge < -0.3 is 10.2 Å². The molecule has 0 bridgehead atoms. The fraction of sp³-hybridized carbons (Fsp3) is 0.429. The number of amides is 2. The van der Waals surface area contributed by atoms with Crippen molar-refractivity contribution >= 4 is 40.7 Å². The summed E-state index contributed by atoms with van der Waals surface area (Å²) in [6.07, 6.45) is 0.248. The lowest BCUT2D eigenvalue weighted by Crippen LogP contribution is -2.33. The van der Waals surface area contributed by atoms with E-state index >= 15 is 0 Å². The lowest BCUT2D eigenvalue weighted by atomic mass is 10.1. The van der Waals surface area contributed by atoms with Gasteiger partial charge in [-0.25, -0.2) is 0 Å². The molecule has 1 aromatic carbocycles. The van der Waals surface area contributed by atoms with Gasteiger partial charge in [0.2, 0.25) is 11.8 Å². The third kappa shape index (κ3) is 3.44. The van der Waals surface area contributed by atoms with Gasteiger partial charge in [0.25, 0.3) is 0 Å². The molecule has 20 heavy (non-hydrogen) atoms. The number of anilines is 1. The van der Waals surface area contributed by atoms with Crippen LogP contribution in [0.15, 0.2) is 18.2 Å². The highest BCUT2D eigenvalue weighted by atomic mass is 35.5. The highest BCUT2D eigenvalue weighted by molar-refractivity contribution is 6.35. The summed E-state index contributed by atoms with van der Waals surface area (Å²) < 4.78 is 0. The first-order chi connectivity index (χ1) is 9.36. The summed E-state index contributed by atoms with van der Waals surface area (Å²) in [5, 5.41) is 3.67. The van der Waals surface area contributed by atoms with Crippen molar-refractivity contribution in [1.82, 2.24) is 4.90 Å². The highest BCUT2D eigenvalue weighted by Crippen LogP contribution is 2.25. The van der Waals surface area contributed by atoms with Gasteiger partial charge >= 0.3 is 0 Å². The van der Waals surface area contributed by atoms with Crippen molar-refractivity contribution in [2.75, 3.05) is 11.9 Å². The second kappa shape index (κ2) is 6.02. The highest BCUT2D eigenvalue weighted by Gasteiger charge is 2.35. The molecule has 108 valence electrons. The summed E-state index contributed by atoms with van der Waals surface area (Å²) in [5.74, 6) is -0.494. The molecular formula is C14H16Cl2N2O2. The average Bonchev–Trinajstić information content (AvgIpc) is 2.70. The molecule has 1 atom stereocenters. The predicted octanol–water partition coefficient (Wildman–Crippen LogP) is 3.19. The Balaban J connectivity index is 2.04. The number of likely N-dealkylation sites (tertiary alicyclic amines) is 1. The molecule has 0 aliphatic carbocycles. The molecule has 4 nitrogen and oxygen atoms in total. The number of benzene rings is 1. The number of nitrogens with zero attached hydrogens (tertiary/aromatic N) is 1. The van der Waals surface area contributed by atoms with Crippen molar-refractivity contribution in [1.29, 1.82) is 0 Å². The molecule has 0 saturated carbocycles. The Bertz CT molecular complexity index is 526. The molecule has 2 amide bonds. The molecule has 0 unspecified atom stereocenters. The largest absolute Gasteiger partial charge is 0.339 e. The number of halogens is 2. The van der Waals surface area contributed by atoms with E-state index in [0.717, 1.165) is 0 Å². The fourth-order valence-electron chi connectivity index (χ4n) is 2.28. The minimum atomic E-state index is -0.331. The molecule has 1 saturated heterocycles. The SMILES string of the molecule is CC(C)N1C[C@@H](C(=O)Nc2cc(Cl)cc(Cl)c2)CC1=O. The van der Waals surface area contributed by atoms with Gasteiger partial charge in [-0.15, -0.1) is 0 Å². The maximum Gasteiger partial charge on any atom is 0.229 e. The Morgan fingerprint density at radius 2 is 1.90 bits per heavy atom. The summed E-state index contributed by atoms with van der Waals surface area (Å²) in [6, 6.07) is 4.96. The van der Waals surface area contributed by atoms with E-state index in [4.69, 9.17) is 23.2 Å². The van der Waals surface area contributed by atoms with Gasteiger partial charge in [0.15, 0.2) is 0 Å². The van der Waals surface area contributed by atoms with Crippen molar-refractivity contribution in [2.24, 2.45) is 5.92 Å². The van der Waals surface area contributed by atoms with Gasteiger partial charge in [-0.3, -0.25) is 9.59 Å². The van der Waals surface area contributed by atoms with Gasteiger partial charge in [-0.1, -0.05) is 23.2 Å². The zero-order valence-electron chi connectivity index (χ0n) is 11.3. The van der Waals surface area contributed by atoms with Crippen LogP contribution in [0.4, 0.5) is 5.69 Å². The van der Waals surface area contributed by atoms with Crippen molar-refractivity contribution in [3.63, 3.8) is 0 Å². The number of rotatable bonds is 3. The second-order valence-electron chi connectivity index (χ2n) is 5.19. The second-order valence-corrected chi connectivity index (χ2v) is 6.06. The van der Waals surface area contributed by atoms with Crippen molar-refractivity contribution in [3.8, 4) is 0 Å². The van der Waals surface area contributed by atoms with E-state index in [0.29, 0.717) is 22.3 Å². The first-order valence-corrected chi connectivity index (χ1v) is 7.19. The van der Waals surface area contributed by atoms with E-state index in [9.17, 15) is 9.59 Å². The standard InChI is InChI=1S/C14H16Cl2N2O2/c1-8(2)18-7-9(3-13(18)19)14(20)17-12-5-10(15)4-11(16)6-12/h4-6,8-9H,3,7H2,1-2H3,(H,17,20)/t9-/m0/s1. The van der Waals surface area contributed by atoms with E-state index in [1.54, 1.807) is 23.1 Å². The maximum atomic E-state index is 12.2. The first kappa shape index (κ1) is 15.1. The van der Waals surface area contributed by atoms with Gasteiger partial charge in [-0.05, 0) is 32.0 Å². The van der Waals surface area contributed by atoms with Crippen LogP contribution in [-0.4, -0.2) is 29.3 Å². The third-order valence-electron chi connectivity index (χ3n) is 3.28. The summed E-state index contributed by atoms with van der Waals surface area (Å²) in [5.41, 5.74) is 0.544. The molecular weight excluding hydrogens is 299 g/mol. The van der Waals surface area contributed by atoms with E-state index < -0.39 is 0 Å². The van der Waals surface area contributed by atoms with Crippen LogP contribution in [0.1, 0.15) is 20.3 Å². The van der Waals surface area contributed by atoms with E-state index in [1.165, 1.54) is 0 Å². The topological polar surface area (TPSA) is 49.4 Å². The van der Waals surface area contributed by atoms with Crippen LogP contribution in [0.5, 0.6) is 0 Å². The van der Waals surface area contributed by atoms with Gasteiger partial charge in [0, 0.05) is 34.7 Å². The quantitative estimate of drug-likeness (QED) is 0.931. The number of hydrogen-bond donors (Lipinski definition) is 1. The predicted molar refractivity (Wildman–Crippen MR) is 80.0 cm³/mol. The Morgan fingerprint density at radius 1 is 1.30 bits per heavy atom. The fourth-order valence-corrected chi connectivity index (χ4v) is 2.80. The number of carbonyl (C=O) groups excluding carboxylic acids is 2. The number of hydrogen-bond acceptors (Lipinski definition) is 2. The molecule has 1 fully saturated rings. The maximum absolute atomic E-state index is 12.2. The van der Waals surface area contributed by atoms with E-state index in [1.807, 2.05) is 13.8 Å². The smallest absolute Gasteiger partial charge is 0.229 e. The summed E-state index contributed by atoms with van der Waals surface area (Å²) in [4.78, 5) is 25.7. The van der Waals surface area contributed by atoms with Crippen LogP contribution < -0.4 is 5.32 Å². The van der Waals surface area contributed by atoms with Gasteiger partial charge in [0.1, 0.15) is 0 Å². The summed E-state index contributed by atoms with van der Waals surface area (Å²) in [6.45, 7) is 4.33.